The van der Waals surface area contributed by atoms with Gasteiger partial charge in [0.05, 0.1) is 0 Å². The number of nitrogens with zero attached hydrogens (tertiary/aromatic N) is 2. The van der Waals surface area contributed by atoms with Crippen LogP contribution in [0.25, 0.3) is 22.8 Å². The van der Waals surface area contributed by atoms with E-state index < -0.39 is 0 Å². The largest absolute Gasteiger partial charge is 0.259 e. The molecule has 0 saturated heterocycles. The average Bonchev–Trinajstić information content (AvgIpc) is 2.88. The molecule has 0 fully saturated rings. The number of H-pyrrole nitrogens is 1. The molecule has 19 heavy (non-hydrogen) atoms. The lowest BCUT2D eigenvalue weighted by atomic mass is 10.1. The van der Waals surface area contributed by atoms with Gasteiger partial charge in [0.15, 0.2) is 11.6 Å². The van der Waals surface area contributed by atoms with Gasteiger partial charge in [-0.15, -0.1) is 0 Å². The van der Waals surface area contributed by atoms with E-state index in [0.717, 1.165) is 22.8 Å². The first-order valence-electron chi connectivity index (χ1n) is 6.29. The third-order valence-electron chi connectivity index (χ3n) is 3.01. The van der Waals surface area contributed by atoms with Crippen molar-refractivity contribution in [2.45, 2.75) is 13.8 Å². The van der Waals surface area contributed by atoms with Crippen LogP contribution in [-0.2, 0) is 0 Å². The normalized spacial score (nSPS) is 10.6. The Morgan fingerprint density at radius 2 is 1.53 bits per heavy atom. The molecular weight excluding hydrogens is 234 g/mol. The molecule has 0 spiro atoms. The van der Waals surface area contributed by atoms with Crippen molar-refractivity contribution in [2.75, 3.05) is 0 Å². The van der Waals surface area contributed by atoms with E-state index in [9.17, 15) is 0 Å². The molecule has 0 atom stereocenters. The van der Waals surface area contributed by atoms with Crippen molar-refractivity contribution in [1.29, 1.82) is 0 Å². The average molecular weight is 249 g/mol. The second-order valence-corrected chi connectivity index (χ2v) is 4.75. The fourth-order valence-electron chi connectivity index (χ4n) is 2.22. The summed E-state index contributed by atoms with van der Waals surface area (Å²) in [4.78, 5) is 4.57. The summed E-state index contributed by atoms with van der Waals surface area (Å²) in [7, 11) is 0. The molecule has 0 aliphatic rings. The van der Waals surface area contributed by atoms with Gasteiger partial charge in [-0.05, 0) is 26.0 Å². The molecule has 3 heteroatoms. The molecule has 0 aliphatic carbocycles. The molecule has 3 aromatic rings. The zero-order valence-corrected chi connectivity index (χ0v) is 11.0. The van der Waals surface area contributed by atoms with Crippen LogP contribution >= 0.6 is 0 Å². The highest BCUT2D eigenvalue weighted by molar-refractivity contribution is 5.62. The van der Waals surface area contributed by atoms with Crippen molar-refractivity contribution in [2.24, 2.45) is 0 Å². The molecule has 0 unspecified atom stereocenters. The number of aryl methyl sites for hydroxylation is 2. The van der Waals surface area contributed by atoms with Gasteiger partial charge in [0.25, 0.3) is 0 Å². The van der Waals surface area contributed by atoms with Gasteiger partial charge in [-0.2, -0.15) is 5.10 Å². The summed E-state index contributed by atoms with van der Waals surface area (Å²) in [6.07, 6.45) is 0. The number of nitrogens with one attached hydrogen (secondary N) is 1. The van der Waals surface area contributed by atoms with Crippen molar-refractivity contribution in [3.8, 4) is 22.8 Å². The van der Waals surface area contributed by atoms with Gasteiger partial charge in [0.2, 0.25) is 0 Å². The topological polar surface area (TPSA) is 41.6 Å². The maximum absolute atomic E-state index is 4.57. The van der Waals surface area contributed by atoms with Crippen LogP contribution in [0.2, 0.25) is 0 Å². The Morgan fingerprint density at radius 3 is 2.21 bits per heavy atom. The third kappa shape index (κ3) is 2.40. The van der Waals surface area contributed by atoms with Crippen LogP contribution in [0.4, 0.5) is 0 Å². The summed E-state index contributed by atoms with van der Waals surface area (Å²) in [6, 6.07) is 16.4. The van der Waals surface area contributed by atoms with E-state index >= 15 is 0 Å². The van der Waals surface area contributed by atoms with Crippen LogP contribution in [0.5, 0.6) is 0 Å². The highest BCUT2D eigenvalue weighted by Crippen LogP contribution is 2.21. The minimum absolute atomic E-state index is 0.741. The fourth-order valence-corrected chi connectivity index (χ4v) is 2.22. The second kappa shape index (κ2) is 4.69. The highest BCUT2D eigenvalue weighted by Gasteiger charge is 2.08. The molecule has 0 saturated carbocycles. The number of hydrogen-bond acceptors (Lipinski definition) is 2. The maximum Gasteiger partial charge on any atom is 0.181 e. The minimum Gasteiger partial charge on any atom is -0.259 e. The number of benzene rings is 2. The van der Waals surface area contributed by atoms with Crippen molar-refractivity contribution in [3.63, 3.8) is 0 Å². The Labute approximate surface area is 112 Å². The third-order valence-corrected chi connectivity index (χ3v) is 3.01. The molecule has 1 aromatic heterocycles. The molecule has 0 amide bonds. The van der Waals surface area contributed by atoms with Crippen molar-refractivity contribution < 1.29 is 0 Å². The maximum atomic E-state index is 4.57. The molecule has 1 N–H and O–H groups in total. The van der Waals surface area contributed by atoms with Crippen LogP contribution < -0.4 is 0 Å². The van der Waals surface area contributed by atoms with E-state index in [0.29, 0.717) is 0 Å². The number of rotatable bonds is 2. The highest BCUT2D eigenvalue weighted by atomic mass is 15.2. The van der Waals surface area contributed by atoms with Crippen molar-refractivity contribution >= 4 is 0 Å². The first-order valence-corrected chi connectivity index (χ1v) is 6.29. The summed E-state index contributed by atoms with van der Waals surface area (Å²) >= 11 is 0. The molecule has 2 aromatic carbocycles. The lowest BCUT2D eigenvalue weighted by molar-refractivity contribution is 1.10. The Hall–Kier alpha value is -2.42. The fraction of sp³-hybridized carbons (Fsp3) is 0.125. The molecule has 3 nitrogen and oxygen atoms in total. The van der Waals surface area contributed by atoms with E-state index in [1.165, 1.54) is 11.1 Å². The van der Waals surface area contributed by atoms with E-state index in [4.69, 9.17) is 0 Å². The van der Waals surface area contributed by atoms with E-state index in [1.807, 2.05) is 30.3 Å². The van der Waals surface area contributed by atoms with Gasteiger partial charge in [-0.25, -0.2) is 4.98 Å². The summed E-state index contributed by atoms with van der Waals surface area (Å²) in [6.45, 7) is 4.17. The first-order chi connectivity index (χ1) is 9.22. The van der Waals surface area contributed by atoms with Gasteiger partial charge in [-0.3, -0.25) is 5.10 Å². The molecule has 0 radical (unpaired) electrons. The molecule has 1 heterocycles. The van der Waals surface area contributed by atoms with Crippen molar-refractivity contribution in [1.82, 2.24) is 15.2 Å². The number of hydrogen-bond donors (Lipinski definition) is 1. The predicted molar refractivity (Wildman–Crippen MR) is 76.7 cm³/mol. The Bertz CT molecular complexity index is 679. The van der Waals surface area contributed by atoms with Crippen LogP contribution in [-0.4, -0.2) is 15.2 Å². The monoisotopic (exact) mass is 249 g/mol. The molecule has 94 valence electrons. The quantitative estimate of drug-likeness (QED) is 0.751. The molecule has 3 rings (SSSR count). The Balaban J connectivity index is 2.02. The summed E-state index contributed by atoms with van der Waals surface area (Å²) in [5.74, 6) is 1.54. The summed E-state index contributed by atoms with van der Waals surface area (Å²) in [5.41, 5.74) is 4.55. The minimum atomic E-state index is 0.741. The summed E-state index contributed by atoms with van der Waals surface area (Å²) < 4.78 is 0. The zero-order chi connectivity index (χ0) is 13.2. The summed E-state index contributed by atoms with van der Waals surface area (Å²) in [5, 5.41) is 7.31. The van der Waals surface area contributed by atoms with Gasteiger partial charge >= 0.3 is 0 Å². The van der Waals surface area contributed by atoms with Crippen LogP contribution in [0.3, 0.4) is 0 Å². The Kier molecular flexibility index (Phi) is 2.88. The lowest BCUT2D eigenvalue weighted by Gasteiger charge is -2.00. The first kappa shape index (κ1) is 11.7. The number of aromatic nitrogens is 3. The Morgan fingerprint density at radius 1 is 0.842 bits per heavy atom. The lowest BCUT2D eigenvalue weighted by Crippen LogP contribution is -1.85. The zero-order valence-electron chi connectivity index (χ0n) is 11.0. The van der Waals surface area contributed by atoms with Crippen LogP contribution in [0, 0.1) is 13.8 Å². The van der Waals surface area contributed by atoms with E-state index in [-0.39, 0.29) is 0 Å². The van der Waals surface area contributed by atoms with Gasteiger partial charge in [0.1, 0.15) is 0 Å². The SMILES string of the molecule is Cc1cc(C)cc(-c2n[nH]c(-c3ccccc3)n2)c1. The molecular formula is C16H15N3. The van der Waals surface area contributed by atoms with Crippen molar-refractivity contribution in [3.05, 3.63) is 59.7 Å². The number of aromatic amines is 1. The van der Waals surface area contributed by atoms with Gasteiger partial charge < -0.3 is 0 Å². The van der Waals surface area contributed by atoms with E-state index in [1.54, 1.807) is 0 Å². The molecule has 0 bridgehead atoms. The molecule has 0 aliphatic heterocycles. The van der Waals surface area contributed by atoms with E-state index in [2.05, 4.69) is 47.2 Å². The predicted octanol–water partition coefficient (Wildman–Crippen LogP) is 3.76. The standard InChI is InChI=1S/C16H15N3/c1-11-8-12(2)10-14(9-11)16-17-15(18-19-16)13-6-4-3-5-7-13/h3-10H,1-2H3,(H,17,18,19). The van der Waals surface area contributed by atoms with Gasteiger partial charge in [-0.1, -0.05) is 47.5 Å². The van der Waals surface area contributed by atoms with Crippen LogP contribution in [0.15, 0.2) is 48.5 Å². The van der Waals surface area contributed by atoms with Crippen LogP contribution in [0.1, 0.15) is 11.1 Å². The second-order valence-electron chi connectivity index (χ2n) is 4.75. The smallest absolute Gasteiger partial charge is 0.181 e. The van der Waals surface area contributed by atoms with Gasteiger partial charge in [0, 0.05) is 11.1 Å².